The zero-order valence-electron chi connectivity index (χ0n) is 14.9. The molecule has 0 spiro atoms. The number of rotatable bonds is 8. The Bertz CT molecular complexity index is 815. The maximum Gasteiger partial charge on any atom is 0.268 e. The lowest BCUT2D eigenvalue weighted by Gasteiger charge is -2.18. The second-order valence-electron chi connectivity index (χ2n) is 5.69. The van der Waals surface area contributed by atoms with Crippen LogP contribution < -0.4 is 9.47 Å². The Kier molecular flexibility index (Phi) is 6.73. The molecule has 0 N–H and O–H groups in total. The summed E-state index contributed by atoms with van der Waals surface area (Å²) < 4.78 is 29.4. The van der Waals surface area contributed by atoms with Gasteiger partial charge in [-0.2, -0.15) is 13.0 Å². The monoisotopic (exact) mass is 361 g/mol. The highest BCUT2D eigenvalue weighted by molar-refractivity contribution is 7.86. The Hall–Kier alpha value is -2.18. The number of aryl methyl sites for hydroxylation is 1. The number of anilines is 1. The third kappa shape index (κ3) is 5.69. The summed E-state index contributed by atoms with van der Waals surface area (Å²) in [7, 11) is -0.381. The minimum atomic E-state index is -3.43. The van der Waals surface area contributed by atoms with Crippen molar-refractivity contribution in [2.75, 3.05) is 31.4 Å². The highest BCUT2D eigenvalue weighted by atomic mass is 32.2. The molecule has 0 saturated carbocycles. The van der Waals surface area contributed by atoms with Crippen LogP contribution in [-0.4, -0.2) is 34.9 Å². The second-order valence-corrected chi connectivity index (χ2v) is 7.54. The summed E-state index contributed by atoms with van der Waals surface area (Å²) in [6, 6.07) is 14.1. The van der Waals surface area contributed by atoms with Gasteiger partial charge < -0.3 is 4.90 Å². The SMILES string of the molecule is CC[n+]1ccccc1/C=C/c1ccc(N(C)CCS(=O)(=O)OC)cc1. The predicted molar refractivity (Wildman–Crippen MR) is 102 cm³/mol. The van der Waals surface area contributed by atoms with E-state index in [2.05, 4.69) is 40.1 Å². The molecule has 0 aliphatic heterocycles. The topological polar surface area (TPSA) is 50.5 Å². The van der Waals surface area contributed by atoms with Crippen LogP contribution in [-0.2, 0) is 20.8 Å². The fourth-order valence-electron chi connectivity index (χ4n) is 2.41. The summed E-state index contributed by atoms with van der Waals surface area (Å²) >= 11 is 0. The minimum Gasteiger partial charge on any atom is -0.373 e. The molecule has 1 aromatic carbocycles. The van der Waals surface area contributed by atoms with Gasteiger partial charge in [0.25, 0.3) is 10.1 Å². The van der Waals surface area contributed by atoms with Crippen LogP contribution >= 0.6 is 0 Å². The number of hydrogen-bond acceptors (Lipinski definition) is 4. The average molecular weight is 361 g/mol. The number of hydrogen-bond donors (Lipinski definition) is 0. The van der Waals surface area contributed by atoms with Gasteiger partial charge in [-0.3, -0.25) is 4.18 Å². The highest BCUT2D eigenvalue weighted by Crippen LogP contribution is 2.15. The van der Waals surface area contributed by atoms with Crippen LogP contribution in [0.3, 0.4) is 0 Å². The third-order valence-electron chi connectivity index (χ3n) is 4.03. The largest absolute Gasteiger partial charge is 0.373 e. The van der Waals surface area contributed by atoms with Crippen LogP contribution in [0.1, 0.15) is 18.2 Å². The Labute approximate surface area is 150 Å². The summed E-state index contributed by atoms with van der Waals surface area (Å²) in [4.78, 5) is 1.90. The number of aromatic nitrogens is 1. The summed E-state index contributed by atoms with van der Waals surface area (Å²) in [6.07, 6.45) is 6.22. The molecule has 0 aliphatic carbocycles. The maximum absolute atomic E-state index is 11.4. The van der Waals surface area contributed by atoms with Gasteiger partial charge in [0.15, 0.2) is 6.20 Å². The molecule has 0 unspecified atom stereocenters. The summed E-state index contributed by atoms with van der Waals surface area (Å²) in [6.45, 7) is 3.42. The molecule has 0 fully saturated rings. The normalized spacial score (nSPS) is 11.8. The first-order chi connectivity index (χ1) is 11.9. The molecule has 2 rings (SSSR count). The molecular weight excluding hydrogens is 336 g/mol. The van der Waals surface area contributed by atoms with Crippen molar-refractivity contribution >= 4 is 28.0 Å². The standard InChI is InChI=1S/C19H25N2O3S/c1-4-21-14-6-5-7-19(21)13-10-17-8-11-18(12-9-17)20(2)15-16-25(22,23)24-3/h5-14H,4,15-16H2,1-3H3/q+1. The molecule has 1 heterocycles. The molecule has 5 nitrogen and oxygen atoms in total. The van der Waals surface area contributed by atoms with Crippen molar-refractivity contribution < 1.29 is 17.2 Å². The Balaban J connectivity index is 2.03. The lowest BCUT2D eigenvalue weighted by Crippen LogP contribution is -2.34. The Morgan fingerprint density at radius 1 is 1.12 bits per heavy atom. The van der Waals surface area contributed by atoms with Gasteiger partial charge in [0.2, 0.25) is 5.69 Å². The van der Waals surface area contributed by atoms with Crippen molar-refractivity contribution in [3.05, 3.63) is 59.9 Å². The van der Waals surface area contributed by atoms with Crippen molar-refractivity contribution in [2.24, 2.45) is 0 Å². The molecule has 134 valence electrons. The van der Waals surface area contributed by atoms with E-state index >= 15 is 0 Å². The summed E-state index contributed by atoms with van der Waals surface area (Å²) in [5.41, 5.74) is 3.20. The smallest absolute Gasteiger partial charge is 0.268 e. The van der Waals surface area contributed by atoms with Crippen molar-refractivity contribution in [3.8, 4) is 0 Å². The van der Waals surface area contributed by atoms with Gasteiger partial charge in [0.05, 0.1) is 12.9 Å². The maximum atomic E-state index is 11.4. The van der Waals surface area contributed by atoms with E-state index in [0.717, 1.165) is 23.5 Å². The molecule has 0 saturated heterocycles. The minimum absolute atomic E-state index is 0.0350. The molecule has 0 bridgehead atoms. The van der Waals surface area contributed by atoms with Crippen LogP contribution in [0.2, 0.25) is 0 Å². The highest BCUT2D eigenvalue weighted by Gasteiger charge is 2.10. The van der Waals surface area contributed by atoms with Crippen LogP contribution in [0.15, 0.2) is 48.7 Å². The molecule has 0 radical (unpaired) electrons. The quantitative estimate of drug-likeness (QED) is 0.536. The van der Waals surface area contributed by atoms with Gasteiger partial charge in [-0.1, -0.05) is 12.1 Å². The average Bonchev–Trinajstić information content (AvgIpc) is 2.65. The molecule has 0 aliphatic rings. The fourth-order valence-corrected chi connectivity index (χ4v) is 3.08. The molecule has 2 aromatic rings. The Morgan fingerprint density at radius 3 is 2.48 bits per heavy atom. The van der Waals surface area contributed by atoms with Crippen molar-refractivity contribution in [1.29, 1.82) is 0 Å². The lowest BCUT2D eigenvalue weighted by molar-refractivity contribution is -0.695. The molecule has 25 heavy (non-hydrogen) atoms. The second kappa shape index (κ2) is 8.78. The molecule has 0 amide bonds. The fraction of sp³-hybridized carbons (Fsp3) is 0.316. The summed E-state index contributed by atoms with van der Waals surface area (Å²) in [5.74, 6) is -0.0350. The van der Waals surface area contributed by atoms with E-state index in [1.54, 1.807) is 0 Å². The van der Waals surface area contributed by atoms with Crippen LogP contribution in [0.25, 0.3) is 12.2 Å². The summed E-state index contributed by atoms with van der Waals surface area (Å²) in [5, 5.41) is 0. The van der Waals surface area contributed by atoms with Gasteiger partial charge in [0.1, 0.15) is 6.54 Å². The van der Waals surface area contributed by atoms with Gasteiger partial charge in [0, 0.05) is 37.5 Å². The lowest BCUT2D eigenvalue weighted by atomic mass is 10.1. The van der Waals surface area contributed by atoms with Crippen LogP contribution in [0.5, 0.6) is 0 Å². The molecule has 1 aromatic heterocycles. The van der Waals surface area contributed by atoms with E-state index in [0.29, 0.717) is 6.54 Å². The number of pyridine rings is 1. The van der Waals surface area contributed by atoms with E-state index in [4.69, 9.17) is 0 Å². The Morgan fingerprint density at radius 2 is 1.84 bits per heavy atom. The van der Waals surface area contributed by atoms with Crippen LogP contribution in [0, 0.1) is 0 Å². The molecule has 6 heteroatoms. The number of nitrogens with zero attached hydrogens (tertiary/aromatic N) is 2. The molecular formula is C19H25N2O3S+. The zero-order valence-corrected chi connectivity index (χ0v) is 15.7. The van der Waals surface area contributed by atoms with Gasteiger partial charge in [-0.15, -0.1) is 0 Å². The first-order valence-electron chi connectivity index (χ1n) is 8.21. The first-order valence-corrected chi connectivity index (χ1v) is 9.79. The van der Waals surface area contributed by atoms with E-state index in [1.165, 1.54) is 7.11 Å². The van der Waals surface area contributed by atoms with Crippen molar-refractivity contribution in [1.82, 2.24) is 0 Å². The van der Waals surface area contributed by atoms with Crippen LogP contribution in [0.4, 0.5) is 5.69 Å². The van der Waals surface area contributed by atoms with E-state index in [9.17, 15) is 8.42 Å². The zero-order chi connectivity index (χ0) is 18.3. The van der Waals surface area contributed by atoms with Gasteiger partial charge in [-0.25, -0.2) is 0 Å². The van der Waals surface area contributed by atoms with Crippen molar-refractivity contribution in [2.45, 2.75) is 13.5 Å². The predicted octanol–water partition coefficient (Wildman–Crippen LogP) is 2.58. The van der Waals surface area contributed by atoms with Crippen molar-refractivity contribution in [3.63, 3.8) is 0 Å². The van der Waals surface area contributed by atoms with E-state index < -0.39 is 10.1 Å². The number of benzene rings is 1. The molecule has 0 atom stereocenters. The van der Waals surface area contributed by atoms with E-state index in [1.807, 2.05) is 48.3 Å². The van der Waals surface area contributed by atoms with E-state index in [-0.39, 0.29) is 5.75 Å². The van der Waals surface area contributed by atoms with Gasteiger partial charge >= 0.3 is 0 Å². The first kappa shape index (κ1) is 19.1. The van der Waals surface area contributed by atoms with Gasteiger partial charge in [-0.05, 0) is 36.8 Å². The third-order valence-corrected chi connectivity index (χ3v) is 5.22.